The molecule has 1 aromatic heterocycles. The molecule has 0 aliphatic heterocycles. The Balaban J connectivity index is 2.97. The standard InChI is InChI=1S/C13H19BrN2O3/c1-4-6-13(3,12(18)19)15-11(17)10-7-9(14)8-16(10)5-2/h7-8H,4-6H2,1-3H3,(H,15,17)(H,18,19). The fourth-order valence-electron chi connectivity index (χ4n) is 1.96. The van der Waals surface area contributed by atoms with Crippen LogP contribution in [0.15, 0.2) is 16.7 Å². The van der Waals surface area contributed by atoms with Crippen LogP contribution in [-0.2, 0) is 11.3 Å². The number of halogens is 1. The number of hydrogen-bond donors (Lipinski definition) is 2. The number of nitrogens with one attached hydrogen (secondary N) is 1. The second-order valence-corrected chi connectivity index (χ2v) is 5.59. The molecule has 1 unspecified atom stereocenters. The molecule has 0 spiro atoms. The number of nitrogens with zero attached hydrogens (tertiary/aromatic N) is 1. The zero-order valence-corrected chi connectivity index (χ0v) is 13.0. The molecule has 1 heterocycles. The predicted octanol–water partition coefficient (Wildman–Crippen LogP) is 2.64. The first kappa shape index (κ1) is 15.8. The molecule has 0 saturated heterocycles. The highest BCUT2D eigenvalue weighted by Gasteiger charge is 2.34. The summed E-state index contributed by atoms with van der Waals surface area (Å²) in [4.78, 5) is 23.5. The van der Waals surface area contributed by atoms with Crippen molar-refractivity contribution in [2.75, 3.05) is 0 Å². The van der Waals surface area contributed by atoms with E-state index in [2.05, 4.69) is 21.2 Å². The van der Waals surface area contributed by atoms with Crippen molar-refractivity contribution in [3.05, 3.63) is 22.4 Å². The highest BCUT2D eigenvalue weighted by Crippen LogP contribution is 2.18. The van der Waals surface area contributed by atoms with Gasteiger partial charge in [-0.3, -0.25) is 4.79 Å². The van der Waals surface area contributed by atoms with Gasteiger partial charge in [0.25, 0.3) is 5.91 Å². The highest BCUT2D eigenvalue weighted by atomic mass is 79.9. The van der Waals surface area contributed by atoms with Crippen LogP contribution >= 0.6 is 15.9 Å². The molecular weight excluding hydrogens is 312 g/mol. The Bertz CT molecular complexity index is 484. The first-order valence-electron chi connectivity index (χ1n) is 6.25. The van der Waals surface area contributed by atoms with Crippen molar-refractivity contribution in [1.29, 1.82) is 0 Å². The number of hydrogen-bond acceptors (Lipinski definition) is 2. The minimum atomic E-state index is -1.23. The van der Waals surface area contributed by atoms with Crippen LogP contribution in [0.5, 0.6) is 0 Å². The molecule has 106 valence electrons. The summed E-state index contributed by atoms with van der Waals surface area (Å²) in [7, 11) is 0. The maximum atomic E-state index is 12.2. The molecule has 1 aromatic rings. The Morgan fingerprint density at radius 1 is 1.47 bits per heavy atom. The van der Waals surface area contributed by atoms with Crippen LogP contribution in [0.25, 0.3) is 0 Å². The third-order valence-electron chi connectivity index (χ3n) is 3.05. The van der Waals surface area contributed by atoms with Gasteiger partial charge in [-0.1, -0.05) is 13.3 Å². The first-order valence-corrected chi connectivity index (χ1v) is 7.05. The van der Waals surface area contributed by atoms with Crippen molar-refractivity contribution in [3.63, 3.8) is 0 Å². The molecule has 6 heteroatoms. The van der Waals surface area contributed by atoms with Crippen molar-refractivity contribution in [2.24, 2.45) is 0 Å². The highest BCUT2D eigenvalue weighted by molar-refractivity contribution is 9.10. The maximum absolute atomic E-state index is 12.2. The molecule has 5 nitrogen and oxygen atoms in total. The van der Waals surface area contributed by atoms with Gasteiger partial charge in [0.1, 0.15) is 11.2 Å². The molecule has 0 aromatic carbocycles. The van der Waals surface area contributed by atoms with Crippen LogP contribution in [0.4, 0.5) is 0 Å². The smallest absolute Gasteiger partial charge is 0.329 e. The summed E-state index contributed by atoms with van der Waals surface area (Å²) in [5.41, 5.74) is -0.779. The van der Waals surface area contributed by atoms with Crippen LogP contribution < -0.4 is 5.32 Å². The van der Waals surface area contributed by atoms with E-state index in [1.54, 1.807) is 16.8 Å². The van der Waals surface area contributed by atoms with Crippen molar-refractivity contribution < 1.29 is 14.7 Å². The van der Waals surface area contributed by atoms with E-state index in [0.717, 1.165) is 4.47 Å². The molecule has 2 N–H and O–H groups in total. The molecule has 0 saturated carbocycles. The van der Waals surface area contributed by atoms with Gasteiger partial charge in [-0.05, 0) is 42.3 Å². The van der Waals surface area contributed by atoms with Crippen molar-refractivity contribution >= 4 is 27.8 Å². The van der Waals surface area contributed by atoms with Gasteiger partial charge in [-0.25, -0.2) is 4.79 Å². The largest absolute Gasteiger partial charge is 0.480 e. The minimum absolute atomic E-state index is 0.370. The second kappa shape index (κ2) is 6.23. The lowest BCUT2D eigenvalue weighted by Gasteiger charge is -2.25. The molecule has 0 fully saturated rings. The third kappa shape index (κ3) is 3.59. The molecule has 19 heavy (non-hydrogen) atoms. The number of carboxylic acid groups (broad SMARTS) is 1. The monoisotopic (exact) mass is 330 g/mol. The summed E-state index contributed by atoms with van der Waals surface area (Å²) in [5.74, 6) is -1.39. The van der Waals surface area contributed by atoms with Crippen LogP contribution in [0.3, 0.4) is 0 Å². The number of carboxylic acids is 1. The minimum Gasteiger partial charge on any atom is -0.480 e. The summed E-state index contributed by atoms with van der Waals surface area (Å²) in [6, 6.07) is 1.69. The van der Waals surface area contributed by atoms with E-state index >= 15 is 0 Å². The number of rotatable bonds is 6. The maximum Gasteiger partial charge on any atom is 0.329 e. The topological polar surface area (TPSA) is 71.3 Å². The number of aromatic nitrogens is 1. The number of amides is 1. The van der Waals surface area contributed by atoms with Crippen molar-refractivity contribution in [1.82, 2.24) is 9.88 Å². The molecule has 1 atom stereocenters. The van der Waals surface area contributed by atoms with Crippen LogP contribution in [0, 0.1) is 0 Å². The molecular formula is C13H19BrN2O3. The number of carbonyl (C=O) groups excluding carboxylic acids is 1. The summed E-state index contributed by atoms with van der Waals surface area (Å²) < 4.78 is 2.57. The molecule has 0 radical (unpaired) electrons. The lowest BCUT2D eigenvalue weighted by atomic mass is 9.96. The Morgan fingerprint density at radius 2 is 2.11 bits per heavy atom. The van der Waals surface area contributed by atoms with E-state index in [1.807, 2.05) is 13.8 Å². The zero-order valence-electron chi connectivity index (χ0n) is 11.4. The lowest BCUT2D eigenvalue weighted by molar-refractivity contribution is -0.144. The molecule has 0 bridgehead atoms. The summed E-state index contributed by atoms with van der Waals surface area (Å²) in [6.45, 7) is 5.99. The van der Waals surface area contributed by atoms with Crippen molar-refractivity contribution in [2.45, 2.75) is 45.7 Å². The zero-order chi connectivity index (χ0) is 14.6. The van der Waals surface area contributed by atoms with Gasteiger partial charge < -0.3 is 15.0 Å². The molecule has 1 rings (SSSR count). The number of aryl methyl sites for hydroxylation is 1. The quantitative estimate of drug-likeness (QED) is 0.842. The Kier molecular flexibility index (Phi) is 5.17. The van der Waals surface area contributed by atoms with Gasteiger partial charge in [0.05, 0.1) is 0 Å². The van der Waals surface area contributed by atoms with Gasteiger partial charge in [-0.2, -0.15) is 0 Å². The molecule has 0 aliphatic carbocycles. The molecule has 0 aliphatic rings. The van der Waals surface area contributed by atoms with E-state index < -0.39 is 11.5 Å². The predicted molar refractivity (Wildman–Crippen MR) is 76.2 cm³/mol. The Hall–Kier alpha value is -1.30. The fourth-order valence-corrected chi connectivity index (χ4v) is 2.43. The first-order chi connectivity index (χ1) is 8.84. The van der Waals surface area contributed by atoms with E-state index in [9.17, 15) is 14.7 Å². The Labute approximate surface area is 121 Å². The van der Waals surface area contributed by atoms with Gasteiger partial charge in [0.15, 0.2) is 0 Å². The number of carbonyl (C=O) groups is 2. The van der Waals surface area contributed by atoms with E-state index in [-0.39, 0.29) is 5.91 Å². The average Bonchev–Trinajstić information content (AvgIpc) is 2.70. The SMILES string of the molecule is CCCC(C)(NC(=O)c1cc(Br)cn1CC)C(=O)O. The third-order valence-corrected chi connectivity index (χ3v) is 3.48. The van der Waals surface area contributed by atoms with Crippen molar-refractivity contribution in [3.8, 4) is 0 Å². The average molecular weight is 331 g/mol. The Morgan fingerprint density at radius 3 is 2.58 bits per heavy atom. The van der Waals surface area contributed by atoms with Gasteiger partial charge in [0, 0.05) is 17.2 Å². The lowest BCUT2D eigenvalue weighted by Crippen LogP contribution is -2.52. The van der Waals surface area contributed by atoms with Gasteiger partial charge in [0.2, 0.25) is 0 Å². The van der Waals surface area contributed by atoms with E-state index in [0.29, 0.717) is 25.1 Å². The van der Waals surface area contributed by atoms with Crippen LogP contribution in [0.1, 0.15) is 44.1 Å². The van der Waals surface area contributed by atoms with Crippen LogP contribution in [-0.4, -0.2) is 27.1 Å². The summed E-state index contributed by atoms with van der Waals surface area (Å²) >= 11 is 3.31. The van der Waals surface area contributed by atoms with Gasteiger partial charge >= 0.3 is 5.97 Å². The van der Waals surface area contributed by atoms with Crippen LogP contribution in [0.2, 0.25) is 0 Å². The molecule has 1 amide bonds. The second-order valence-electron chi connectivity index (χ2n) is 4.67. The summed E-state index contributed by atoms with van der Waals surface area (Å²) in [6.07, 6.45) is 2.87. The normalized spacial score (nSPS) is 13.9. The fraction of sp³-hybridized carbons (Fsp3) is 0.538. The van der Waals surface area contributed by atoms with E-state index in [1.165, 1.54) is 6.92 Å². The van der Waals surface area contributed by atoms with E-state index in [4.69, 9.17) is 0 Å². The van der Waals surface area contributed by atoms with Gasteiger partial charge in [-0.15, -0.1) is 0 Å². The summed E-state index contributed by atoms with van der Waals surface area (Å²) in [5, 5.41) is 11.9. The number of aliphatic carboxylic acids is 1.